The zero-order chi connectivity index (χ0) is 10.8. The molecule has 4 atom stereocenters. The van der Waals surface area contributed by atoms with E-state index in [-0.39, 0.29) is 12.1 Å². The smallest absolute Gasteiger partial charge is 0.0556 e. The zero-order valence-electron chi connectivity index (χ0n) is 8.53. The van der Waals surface area contributed by atoms with Gasteiger partial charge in [-0.1, -0.05) is 0 Å². The van der Waals surface area contributed by atoms with Crippen LogP contribution in [0.2, 0.25) is 0 Å². The SMILES string of the molecule is CC(O)CC1(N[NH])CCC(O)CC1N. The first-order valence-electron chi connectivity index (χ1n) is 5.06. The van der Waals surface area contributed by atoms with E-state index < -0.39 is 11.6 Å². The molecule has 1 aliphatic rings. The summed E-state index contributed by atoms with van der Waals surface area (Å²) < 4.78 is 0. The number of aliphatic hydroxyl groups is 2. The normalized spacial score (nSPS) is 40.9. The second-order valence-corrected chi connectivity index (χ2v) is 4.37. The number of aliphatic hydroxyl groups excluding tert-OH is 2. The molecule has 14 heavy (non-hydrogen) atoms. The molecule has 0 aromatic carbocycles. The molecule has 4 unspecified atom stereocenters. The number of hydrogen-bond acceptors (Lipinski definition) is 4. The molecule has 1 fully saturated rings. The van der Waals surface area contributed by atoms with E-state index in [9.17, 15) is 10.2 Å². The fourth-order valence-corrected chi connectivity index (χ4v) is 2.23. The van der Waals surface area contributed by atoms with Crippen LogP contribution in [-0.2, 0) is 0 Å². The van der Waals surface area contributed by atoms with E-state index in [1.807, 2.05) is 0 Å². The van der Waals surface area contributed by atoms with Crippen molar-refractivity contribution < 1.29 is 10.2 Å². The lowest BCUT2D eigenvalue weighted by molar-refractivity contribution is 0.0373. The summed E-state index contributed by atoms with van der Waals surface area (Å²) in [5, 5.41) is 18.8. The van der Waals surface area contributed by atoms with Crippen LogP contribution in [0, 0.1) is 0 Å². The van der Waals surface area contributed by atoms with Gasteiger partial charge in [0.1, 0.15) is 0 Å². The van der Waals surface area contributed by atoms with E-state index in [4.69, 9.17) is 11.6 Å². The molecule has 0 aromatic heterocycles. The third kappa shape index (κ3) is 2.43. The molecule has 1 saturated carbocycles. The van der Waals surface area contributed by atoms with Crippen molar-refractivity contribution in [2.75, 3.05) is 0 Å². The van der Waals surface area contributed by atoms with Crippen molar-refractivity contribution in [1.29, 1.82) is 0 Å². The summed E-state index contributed by atoms with van der Waals surface area (Å²) in [6.07, 6.45) is 1.41. The second-order valence-electron chi connectivity index (χ2n) is 4.37. The Labute approximate surface area is 84.4 Å². The molecule has 0 saturated heterocycles. The third-order valence-corrected chi connectivity index (χ3v) is 3.07. The first-order chi connectivity index (χ1) is 6.50. The van der Waals surface area contributed by atoms with Crippen molar-refractivity contribution in [2.24, 2.45) is 5.73 Å². The average Bonchev–Trinajstić information content (AvgIpc) is 2.10. The van der Waals surface area contributed by atoms with Gasteiger partial charge in [0, 0.05) is 6.04 Å². The van der Waals surface area contributed by atoms with Crippen LogP contribution in [-0.4, -0.2) is 34.0 Å². The van der Waals surface area contributed by atoms with E-state index in [0.29, 0.717) is 25.7 Å². The number of rotatable bonds is 3. The van der Waals surface area contributed by atoms with Crippen LogP contribution in [0.15, 0.2) is 0 Å². The fourth-order valence-electron chi connectivity index (χ4n) is 2.23. The minimum absolute atomic E-state index is 0.265. The average molecular weight is 202 g/mol. The predicted molar refractivity (Wildman–Crippen MR) is 53.1 cm³/mol. The minimum Gasteiger partial charge on any atom is -0.393 e. The van der Waals surface area contributed by atoms with Gasteiger partial charge in [0.2, 0.25) is 0 Å². The first kappa shape index (κ1) is 11.9. The highest BCUT2D eigenvalue weighted by molar-refractivity contribution is 5.01. The van der Waals surface area contributed by atoms with Gasteiger partial charge in [-0.3, -0.25) is 0 Å². The summed E-state index contributed by atoms with van der Waals surface area (Å²) >= 11 is 0. The van der Waals surface area contributed by atoms with Crippen molar-refractivity contribution in [3.8, 4) is 0 Å². The Bertz CT molecular complexity index is 189. The van der Waals surface area contributed by atoms with E-state index in [1.165, 1.54) is 0 Å². The predicted octanol–water partition coefficient (Wildman–Crippen LogP) is -0.844. The van der Waals surface area contributed by atoms with Crippen LogP contribution < -0.4 is 17.0 Å². The molecule has 0 bridgehead atoms. The first-order valence-corrected chi connectivity index (χ1v) is 5.06. The number of nitrogens with one attached hydrogen (secondary N) is 2. The summed E-state index contributed by atoms with van der Waals surface area (Å²) in [6.45, 7) is 1.69. The summed E-state index contributed by atoms with van der Waals surface area (Å²) in [6, 6.07) is -0.265. The molecular weight excluding hydrogens is 182 g/mol. The van der Waals surface area contributed by atoms with Crippen molar-refractivity contribution in [2.45, 2.75) is 56.4 Å². The molecule has 5 nitrogen and oxygen atoms in total. The van der Waals surface area contributed by atoms with E-state index in [1.54, 1.807) is 6.92 Å². The van der Waals surface area contributed by atoms with Crippen LogP contribution in [0.5, 0.6) is 0 Å². The van der Waals surface area contributed by atoms with Crippen LogP contribution in [0.25, 0.3) is 0 Å². The van der Waals surface area contributed by atoms with Gasteiger partial charge in [0.05, 0.1) is 17.7 Å². The molecule has 83 valence electrons. The maximum absolute atomic E-state index is 9.41. The van der Waals surface area contributed by atoms with E-state index in [0.717, 1.165) is 0 Å². The molecule has 1 rings (SSSR count). The highest BCUT2D eigenvalue weighted by atomic mass is 16.3. The van der Waals surface area contributed by atoms with Gasteiger partial charge in [-0.15, -0.1) is 0 Å². The Morgan fingerprint density at radius 3 is 2.79 bits per heavy atom. The summed E-state index contributed by atoms with van der Waals surface area (Å²) in [7, 11) is 0. The lowest BCUT2D eigenvalue weighted by atomic mass is 9.74. The molecular formula is C9H20N3O2. The van der Waals surface area contributed by atoms with Gasteiger partial charge in [-0.25, -0.2) is 5.43 Å². The van der Waals surface area contributed by atoms with Crippen molar-refractivity contribution >= 4 is 0 Å². The molecule has 0 amide bonds. The fraction of sp³-hybridized carbons (Fsp3) is 1.00. The van der Waals surface area contributed by atoms with Crippen LogP contribution in [0.1, 0.15) is 32.6 Å². The molecule has 5 heteroatoms. The van der Waals surface area contributed by atoms with Crippen molar-refractivity contribution in [3.63, 3.8) is 0 Å². The maximum atomic E-state index is 9.41. The second kappa shape index (κ2) is 4.55. The molecule has 1 radical (unpaired) electrons. The van der Waals surface area contributed by atoms with E-state index >= 15 is 0 Å². The largest absolute Gasteiger partial charge is 0.393 e. The Morgan fingerprint density at radius 2 is 2.36 bits per heavy atom. The summed E-state index contributed by atoms with van der Waals surface area (Å²) in [4.78, 5) is 0. The molecule has 6 N–H and O–H groups in total. The standard InChI is InChI=1S/C9H20N3O2/c1-6(13)5-9(12-11)3-2-7(14)4-8(9)10/h6-8,11-14H,2-5,10H2,1H3. The summed E-state index contributed by atoms with van der Waals surface area (Å²) in [5.74, 6) is 7.31. The van der Waals surface area contributed by atoms with Gasteiger partial charge in [-0.05, 0) is 32.6 Å². The maximum Gasteiger partial charge on any atom is 0.0556 e. The Morgan fingerprint density at radius 1 is 1.71 bits per heavy atom. The lowest BCUT2D eigenvalue weighted by Crippen LogP contribution is -2.62. The number of hydrogen-bond donors (Lipinski definition) is 4. The zero-order valence-corrected chi connectivity index (χ0v) is 8.53. The van der Waals surface area contributed by atoms with Crippen LogP contribution in [0.3, 0.4) is 0 Å². The van der Waals surface area contributed by atoms with E-state index in [2.05, 4.69) is 5.43 Å². The highest BCUT2D eigenvalue weighted by Gasteiger charge is 2.41. The monoisotopic (exact) mass is 202 g/mol. The third-order valence-electron chi connectivity index (χ3n) is 3.07. The number of nitrogens with two attached hydrogens (primary N) is 1. The van der Waals surface area contributed by atoms with Gasteiger partial charge in [0.25, 0.3) is 0 Å². The van der Waals surface area contributed by atoms with Gasteiger partial charge >= 0.3 is 0 Å². The van der Waals surface area contributed by atoms with Gasteiger partial charge < -0.3 is 15.9 Å². The Balaban J connectivity index is 2.67. The van der Waals surface area contributed by atoms with Crippen molar-refractivity contribution in [1.82, 2.24) is 11.3 Å². The van der Waals surface area contributed by atoms with Gasteiger partial charge in [0.15, 0.2) is 0 Å². The van der Waals surface area contributed by atoms with Crippen LogP contribution in [0.4, 0.5) is 0 Å². The van der Waals surface area contributed by atoms with Crippen molar-refractivity contribution in [3.05, 3.63) is 0 Å². The topological polar surface area (TPSA) is 102 Å². The summed E-state index contributed by atoms with van der Waals surface area (Å²) in [5.41, 5.74) is 7.85. The molecule has 1 aliphatic carbocycles. The molecule has 0 spiro atoms. The Hall–Kier alpha value is -0.200. The van der Waals surface area contributed by atoms with Crippen LogP contribution >= 0.6 is 0 Å². The Kier molecular flexibility index (Phi) is 3.86. The molecule has 0 aliphatic heterocycles. The minimum atomic E-state index is -0.534. The molecule has 0 aromatic rings. The van der Waals surface area contributed by atoms with Gasteiger partial charge in [-0.2, -0.15) is 5.84 Å². The highest BCUT2D eigenvalue weighted by Crippen LogP contribution is 2.31. The lowest BCUT2D eigenvalue weighted by Gasteiger charge is -2.43. The quantitative estimate of drug-likeness (QED) is 0.448. The molecule has 0 heterocycles.